The maximum absolute atomic E-state index is 12.5. The van der Waals surface area contributed by atoms with E-state index in [-0.39, 0.29) is 49.5 Å². The monoisotopic (exact) mass is 424 g/mol. The molecule has 0 radical (unpaired) electrons. The summed E-state index contributed by atoms with van der Waals surface area (Å²) in [6, 6.07) is 0. The predicted octanol–water partition coefficient (Wildman–Crippen LogP) is 2.90. The third-order valence-corrected chi connectivity index (χ3v) is 6.24. The van der Waals surface area contributed by atoms with Crippen molar-refractivity contribution in [2.75, 3.05) is 13.2 Å². The minimum atomic E-state index is -4.31. The number of phosphoric acid groups is 1. The molecule has 0 aromatic heterocycles. The number of hydrogen-bond donors (Lipinski definition) is 2. The zero-order chi connectivity index (χ0) is 21.1. The van der Waals surface area contributed by atoms with Crippen molar-refractivity contribution in [1.82, 2.24) is 0 Å². The highest BCUT2D eigenvalue weighted by Gasteiger charge is 2.44. The van der Waals surface area contributed by atoms with Crippen molar-refractivity contribution in [2.45, 2.75) is 97.1 Å². The lowest BCUT2D eigenvalue weighted by molar-refractivity contribution is -0.0615. The van der Waals surface area contributed by atoms with Crippen molar-refractivity contribution in [3.63, 3.8) is 0 Å². The van der Waals surface area contributed by atoms with Crippen LogP contribution in [-0.4, -0.2) is 65.9 Å². The van der Waals surface area contributed by atoms with Gasteiger partial charge in [-0.2, -0.15) is 0 Å². The van der Waals surface area contributed by atoms with Crippen molar-refractivity contribution in [3.8, 4) is 0 Å². The van der Waals surface area contributed by atoms with Crippen molar-refractivity contribution >= 4 is 7.82 Å². The summed E-state index contributed by atoms with van der Waals surface area (Å²) in [5.74, 6) is -0.335. The molecule has 0 bridgehead atoms. The van der Waals surface area contributed by atoms with Crippen LogP contribution in [0.3, 0.4) is 0 Å². The van der Waals surface area contributed by atoms with Crippen LogP contribution in [-0.2, 0) is 27.8 Å². The second kappa shape index (κ2) is 10.3. The van der Waals surface area contributed by atoms with Crippen LogP contribution in [0.1, 0.15) is 54.4 Å². The zero-order valence-corrected chi connectivity index (χ0v) is 18.7. The summed E-state index contributed by atoms with van der Waals surface area (Å²) in [5, 5.41) is 10.4. The molecule has 0 spiro atoms. The quantitative estimate of drug-likeness (QED) is 0.516. The molecule has 8 atom stereocenters. The fraction of sp³-hybridized carbons (Fsp3) is 1.00. The van der Waals surface area contributed by atoms with Gasteiger partial charge in [0.15, 0.2) is 0 Å². The van der Waals surface area contributed by atoms with E-state index in [1.54, 1.807) is 0 Å². The Hall–Kier alpha value is -0.0500. The third kappa shape index (κ3) is 7.03. The van der Waals surface area contributed by atoms with E-state index in [2.05, 4.69) is 0 Å². The van der Waals surface area contributed by atoms with E-state index in [0.717, 1.165) is 0 Å². The van der Waals surface area contributed by atoms with Crippen LogP contribution in [0.4, 0.5) is 0 Å². The number of phosphoric ester groups is 1. The number of ether oxygens (including phenoxy) is 3. The molecule has 3 unspecified atom stereocenters. The van der Waals surface area contributed by atoms with Crippen LogP contribution in [0.2, 0.25) is 0 Å². The van der Waals surface area contributed by atoms with Crippen LogP contribution in [0.25, 0.3) is 0 Å². The Bertz CT molecular complexity index is 526. The van der Waals surface area contributed by atoms with Gasteiger partial charge in [-0.1, -0.05) is 6.92 Å². The fourth-order valence-electron chi connectivity index (χ4n) is 3.88. The maximum Gasteiger partial charge on any atom is 0.472 e. The molecule has 1 aliphatic heterocycles. The number of aliphatic hydroxyl groups is 1. The molecule has 2 fully saturated rings. The van der Waals surface area contributed by atoms with E-state index in [4.69, 9.17) is 23.3 Å². The van der Waals surface area contributed by atoms with Crippen LogP contribution in [0, 0.1) is 11.8 Å². The van der Waals surface area contributed by atoms with E-state index in [1.807, 2.05) is 41.5 Å². The second-order valence-corrected chi connectivity index (χ2v) is 10.0. The average Bonchev–Trinajstić information content (AvgIpc) is 3.02. The Labute approximate surface area is 168 Å². The highest BCUT2D eigenvalue weighted by molar-refractivity contribution is 7.47. The van der Waals surface area contributed by atoms with Gasteiger partial charge in [0.05, 0.1) is 43.7 Å². The van der Waals surface area contributed by atoms with Crippen molar-refractivity contribution in [1.29, 1.82) is 0 Å². The summed E-state index contributed by atoms with van der Waals surface area (Å²) in [6.07, 6.45) is -0.753. The Morgan fingerprint density at radius 1 is 1.07 bits per heavy atom. The summed E-state index contributed by atoms with van der Waals surface area (Å²) in [4.78, 5) is 10.2. The molecular weight excluding hydrogens is 387 g/mol. The highest BCUT2D eigenvalue weighted by atomic mass is 31.2. The van der Waals surface area contributed by atoms with Gasteiger partial charge >= 0.3 is 7.82 Å². The summed E-state index contributed by atoms with van der Waals surface area (Å²) >= 11 is 0. The fourth-order valence-corrected chi connectivity index (χ4v) is 4.87. The van der Waals surface area contributed by atoms with Gasteiger partial charge in [0.1, 0.15) is 12.2 Å². The van der Waals surface area contributed by atoms with E-state index in [0.29, 0.717) is 12.8 Å². The largest absolute Gasteiger partial charge is 0.472 e. The molecule has 1 saturated heterocycles. The molecule has 1 saturated carbocycles. The first-order valence-electron chi connectivity index (χ1n) is 10.2. The summed E-state index contributed by atoms with van der Waals surface area (Å²) in [7, 11) is -4.31. The Balaban J connectivity index is 1.92. The average molecular weight is 424 g/mol. The molecule has 28 heavy (non-hydrogen) atoms. The van der Waals surface area contributed by atoms with Gasteiger partial charge < -0.3 is 24.2 Å². The molecule has 0 aromatic rings. The number of rotatable bonds is 10. The second-order valence-electron chi connectivity index (χ2n) is 8.60. The molecule has 8 nitrogen and oxygen atoms in total. The lowest BCUT2D eigenvalue weighted by Crippen LogP contribution is -2.33. The minimum absolute atomic E-state index is 0.000946. The molecular formula is C19H37O8P. The molecule has 9 heteroatoms. The maximum atomic E-state index is 12.5. The number of hydrogen-bond acceptors (Lipinski definition) is 7. The normalized spacial score (nSPS) is 38.4. The Morgan fingerprint density at radius 2 is 1.75 bits per heavy atom. The molecule has 2 N–H and O–H groups in total. The topological polar surface area (TPSA) is 104 Å². The summed E-state index contributed by atoms with van der Waals surface area (Å²) < 4.78 is 40.4. The lowest BCUT2D eigenvalue weighted by Gasteiger charge is -2.26. The first kappa shape index (κ1) is 24.2. The van der Waals surface area contributed by atoms with Gasteiger partial charge in [-0.05, 0) is 47.0 Å². The van der Waals surface area contributed by atoms with E-state index in [9.17, 15) is 14.6 Å². The molecule has 166 valence electrons. The molecule has 2 rings (SSSR count). The van der Waals surface area contributed by atoms with Gasteiger partial charge in [0, 0.05) is 12.3 Å². The van der Waals surface area contributed by atoms with Crippen LogP contribution in [0.5, 0.6) is 0 Å². The first-order chi connectivity index (χ1) is 13.0. The van der Waals surface area contributed by atoms with Gasteiger partial charge in [0.2, 0.25) is 0 Å². The van der Waals surface area contributed by atoms with Gasteiger partial charge in [-0.25, -0.2) is 4.57 Å². The standard InChI is InChI=1S/C19H37O8P/c1-11(2)23-10-18-17(8-14(6)26-18)27-28(21,22)24-9-15-16(25-12(3)4)7-13(5)19(15)20/h11-20H,7-10H2,1-6H3,(H,21,22)/t13-,14-,15+,16?,17+,18+,19?/m0/s1. The van der Waals surface area contributed by atoms with Crippen molar-refractivity contribution < 1.29 is 37.8 Å². The van der Waals surface area contributed by atoms with Gasteiger partial charge in [0.25, 0.3) is 0 Å². The van der Waals surface area contributed by atoms with Crippen molar-refractivity contribution in [2.24, 2.45) is 11.8 Å². The minimum Gasteiger partial charge on any atom is -0.392 e. The molecule has 1 aliphatic carbocycles. The zero-order valence-electron chi connectivity index (χ0n) is 17.8. The van der Waals surface area contributed by atoms with E-state index in [1.165, 1.54) is 0 Å². The van der Waals surface area contributed by atoms with E-state index >= 15 is 0 Å². The van der Waals surface area contributed by atoms with Crippen LogP contribution in [0.15, 0.2) is 0 Å². The SMILES string of the molecule is CC(C)OC[C@H]1O[C@@H](C)C[C@H]1OP(=O)(O)OC[C@@H]1C(OC(C)C)C[C@H](C)C1O. The summed E-state index contributed by atoms with van der Waals surface area (Å²) in [5.41, 5.74) is 0. The predicted molar refractivity (Wildman–Crippen MR) is 104 cm³/mol. The Morgan fingerprint density at radius 3 is 2.36 bits per heavy atom. The summed E-state index contributed by atoms with van der Waals surface area (Å²) in [6.45, 7) is 11.7. The Kier molecular flexibility index (Phi) is 8.92. The highest BCUT2D eigenvalue weighted by Crippen LogP contribution is 2.49. The lowest BCUT2D eigenvalue weighted by atomic mass is 10.0. The number of aliphatic hydroxyl groups excluding tert-OH is 1. The van der Waals surface area contributed by atoms with E-state index < -0.39 is 26.1 Å². The third-order valence-electron chi connectivity index (χ3n) is 5.23. The van der Waals surface area contributed by atoms with Crippen LogP contribution < -0.4 is 0 Å². The smallest absolute Gasteiger partial charge is 0.392 e. The molecule has 1 heterocycles. The van der Waals surface area contributed by atoms with Gasteiger partial charge in [-0.15, -0.1) is 0 Å². The molecule has 0 aromatic carbocycles. The van der Waals surface area contributed by atoms with Crippen molar-refractivity contribution in [3.05, 3.63) is 0 Å². The van der Waals surface area contributed by atoms with Crippen LogP contribution >= 0.6 is 7.82 Å². The molecule has 0 amide bonds. The van der Waals surface area contributed by atoms with Gasteiger partial charge in [-0.3, -0.25) is 9.05 Å². The molecule has 2 aliphatic rings. The first-order valence-corrected chi connectivity index (χ1v) is 11.7.